The van der Waals surface area contributed by atoms with E-state index in [4.69, 9.17) is 27.9 Å². The van der Waals surface area contributed by atoms with E-state index in [-0.39, 0.29) is 10.8 Å². The topological polar surface area (TPSA) is 34.1 Å². The lowest BCUT2D eigenvalue weighted by Gasteiger charge is -2.26. The molecule has 1 atom stereocenters. The van der Waals surface area contributed by atoms with E-state index in [1.165, 1.54) is 0 Å². The second kappa shape index (κ2) is 7.75. The smallest absolute Gasteiger partial charge is 0.125 e. The molecule has 0 aliphatic rings. The second-order valence-electron chi connectivity index (χ2n) is 6.02. The van der Waals surface area contributed by atoms with Gasteiger partial charge in [-0.25, -0.2) is 0 Å². The summed E-state index contributed by atoms with van der Waals surface area (Å²) >= 11 is 14.4. The van der Waals surface area contributed by atoms with Crippen molar-refractivity contribution in [2.75, 3.05) is 7.11 Å². The fourth-order valence-corrected chi connectivity index (χ4v) is 3.24. The van der Waals surface area contributed by atoms with Crippen LogP contribution < -0.4 is 9.46 Å². The number of pyridine rings is 1. The largest absolute Gasteiger partial charge is 0.496 e. The standard InChI is InChI=1S/C17H20Cl2N2OS/c1-17(2,3)23-21-16(11-7-9-20-10-8-11)14-13(22-4)6-5-12(18)15(14)19/h5-10,16,21H,1-4H3. The van der Waals surface area contributed by atoms with Crippen LogP contribution in [0.5, 0.6) is 5.75 Å². The molecule has 0 saturated carbocycles. The molecule has 1 heterocycles. The molecule has 0 saturated heterocycles. The number of hydrogen-bond acceptors (Lipinski definition) is 4. The summed E-state index contributed by atoms with van der Waals surface area (Å²) in [4.78, 5) is 4.09. The summed E-state index contributed by atoms with van der Waals surface area (Å²) in [5.41, 5.74) is 1.86. The quantitative estimate of drug-likeness (QED) is 0.702. The molecular weight excluding hydrogens is 351 g/mol. The minimum atomic E-state index is -0.164. The van der Waals surface area contributed by atoms with Gasteiger partial charge in [-0.3, -0.25) is 9.71 Å². The summed E-state index contributed by atoms with van der Waals surface area (Å²) in [5.74, 6) is 0.697. The number of benzene rings is 1. The Bertz CT molecular complexity index is 660. The molecule has 1 unspecified atom stereocenters. The molecule has 3 nitrogen and oxygen atoms in total. The highest BCUT2D eigenvalue weighted by Crippen LogP contribution is 2.41. The van der Waals surface area contributed by atoms with Crippen LogP contribution in [0.2, 0.25) is 10.0 Å². The predicted molar refractivity (Wildman–Crippen MR) is 99.6 cm³/mol. The number of rotatable bonds is 5. The summed E-state index contributed by atoms with van der Waals surface area (Å²) in [5, 5.41) is 0.999. The van der Waals surface area contributed by atoms with Gasteiger partial charge >= 0.3 is 0 Å². The Morgan fingerprint density at radius 2 is 1.78 bits per heavy atom. The molecule has 124 valence electrons. The van der Waals surface area contributed by atoms with Crippen LogP contribution in [-0.4, -0.2) is 16.8 Å². The Morgan fingerprint density at radius 1 is 1.13 bits per heavy atom. The Kier molecular flexibility index (Phi) is 6.20. The van der Waals surface area contributed by atoms with Crippen LogP contribution >= 0.6 is 35.1 Å². The molecule has 23 heavy (non-hydrogen) atoms. The van der Waals surface area contributed by atoms with Gasteiger partial charge in [0.2, 0.25) is 0 Å². The van der Waals surface area contributed by atoms with Crippen molar-refractivity contribution in [2.45, 2.75) is 31.6 Å². The van der Waals surface area contributed by atoms with Crippen molar-refractivity contribution in [3.8, 4) is 5.75 Å². The highest BCUT2D eigenvalue weighted by molar-refractivity contribution is 7.98. The van der Waals surface area contributed by atoms with Crippen LogP contribution in [0.1, 0.15) is 37.9 Å². The molecule has 0 bridgehead atoms. The molecule has 1 aromatic carbocycles. The first-order valence-corrected chi connectivity index (χ1v) is 8.76. The van der Waals surface area contributed by atoms with Gasteiger partial charge in [-0.1, -0.05) is 35.1 Å². The fourth-order valence-electron chi connectivity index (χ4n) is 2.08. The van der Waals surface area contributed by atoms with E-state index in [1.807, 2.05) is 18.2 Å². The lowest BCUT2D eigenvalue weighted by atomic mass is 9.99. The van der Waals surface area contributed by atoms with Crippen molar-refractivity contribution in [1.29, 1.82) is 0 Å². The van der Waals surface area contributed by atoms with Gasteiger partial charge < -0.3 is 4.74 Å². The Morgan fingerprint density at radius 3 is 2.35 bits per heavy atom. The van der Waals surface area contributed by atoms with E-state index in [2.05, 4.69) is 30.5 Å². The maximum atomic E-state index is 6.49. The predicted octanol–water partition coefficient (Wildman–Crippen LogP) is 5.52. The van der Waals surface area contributed by atoms with Gasteiger partial charge in [0.1, 0.15) is 5.75 Å². The van der Waals surface area contributed by atoms with Crippen molar-refractivity contribution in [3.63, 3.8) is 0 Å². The average Bonchev–Trinajstić information content (AvgIpc) is 2.51. The zero-order chi connectivity index (χ0) is 17.0. The molecule has 0 aliphatic carbocycles. The molecule has 0 aliphatic heterocycles. The summed E-state index contributed by atoms with van der Waals surface area (Å²) in [6, 6.07) is 7.33. The first-order chi connectivity index (χ1) is 10.8. The maximum absolute atomic E-state index is 6.49. The normalized spacial score (nSPS) is 13.0. The van der Waals surface area contributed by atoms with Crippen molar-refractivity contribution in [1.82, 2.24) is 9.71 Å². The van der Waals surface area contributed by atoms with Crippen molar-refractivity contribution in [2.24, 2.45) is 0 Å². The van der Waals surface area contributed by atoms with E-state index in [0.29, 0.717) is 15.8 Å². The van der Waals surface area contributed by atoms with Crippen molar-refractivity contribution in [3.05, 3.63) is 57.8 Å². The van der Waals surface area contributed by atoms with E-state index >= 15 is 0 Å². The minimum Gasteiger partial charge on any atom is -0.496 e. The first kappa shape index (κ1) is 18.4. The summed E-state index contributed by atoms with van der Waals surface area (Å²) < 4.78 is 9.05. The van der Waals surface area contributed by atoms with Crippen molar-refractivity contribution < 1.29 is 4.74 Å². The summed E-state index contributed by atoms with van der Waals surface area (Å²) in [6.45, 7) is 6.43. The Balaban J connectivity index is 2.52. The Hall–Kier alpha value is -0.940. The van der Waals surface area contributed by atoms with Gasteiger partial charge in [0, 0.05) is 22.7 Å². The van der Waals surface area contributed by atoms with E-state index in [1.54, 1.807) is 37.5 Å². The van der Waals surface area contributed by atoms with Crippen LogP contribution in [0.15, 0.2) is 36.7 Å². The lowest BCUT2D eigenvalue weighted by Crippen LogP contribution is -2.23. The van der Waals surface area contributed by atoms with Crippen molar-refractivity contribution >= 4 is 35.1 Å². The molecule has 0 spiro atoms. The van der Waals surface area contributed by atoms with E-state index in [9.17, 15) is 0 Å². The number of ether oxygens (including phenoxy) is 1. The van der Waals surface area contributed by atoms with Crippen LogP contribution in [0.3, 0.4) is 0 Å². The zero-order valence-corrected chi connectivity index (χ0v) is 15.9. The fraction of sp³-hybridized carbons (Fsp3) is 0.353. The zero-order valence-electron chi connectivity index (χ0n) is 13.6. The number of hydrogen-bond donors (Lipinski definition) is 1. The molecular formula is C17H20Cl2N2OS. The van der Waals surface area contributed by atoms with Crippen LogP contribution in [-0.2, 0) is 0 Å². The van der Waals surface area contributed by atoms with Crippen LogP contribution in [0, 0.1) is 0 Å². The molecule has 0 amide bonds. The second-order valence-corrected chi connectivity index (χ2v) is 8.47. The average molecular weight is 371 g/mol. The number of methoxy groups -OCH3 is 1. The summed E-state index contributed by atoms with van der Waals surface area (Å²) in [7, 11) is 1.63. The first-order valence-electron chi connectivity index (χ1n) is 7.19. The lowest BCUT2D eigenvalue weighted by molar-refractivity contribution is 0.407. The maximum Gasteiger partial charge on any atom is 0.125 e. The van der Waals surface area contributed by atoms with Gasteiger partial charge in [0.25, 0.3) is 0 Å². The van der Waals surface area contributed by atoms with E-state index in [0.717, 1.165) is 11.1 Å². The Labute approximate surface area is 151 Å². The van der Waals surface area contributed by atoms with Crippen LogP contribution in [0.4, 0.5) is 0 Å². The van der Waals surface area contributed by atoms with E-state index < -0.39 is 0 Å². The van der Waals surface area contributed by atoms with Gasteiger partial charge in [-0.05, 0) is 50.6 Å². The molecule has 2 aromatic rings. The number of halogens is 2. The third-order valence-corrected chi connectivity index (χ3v) is 4.91. The molecule has 1 aromatic heterocycles. The number of aromatic nitrogens is 1. The SMILES string of the molecule is COc1ccc(Cl)c(Cl)c1C(NSC(C)(C)C)c1ccncc1. The van der Waals surface area contributed by atoms with Gasteiger partial charge in [-0.15, -0.1) is 0 Å². The molecule has 0 fully saturated rings. The highest BCUT2D eigenvalue weighted by Gasteiger charge is 2.25. The number of nitrogens with one attached hydrogen (secondary N) is 1. The number of nitrogens with zero attached hydrogens (tertiary/aromatic N) is 1. The molecule has 6 heteroatoms. The monoisotopic (exact) mass is 370 g/mol. The molecule has 0 radical (unpaired) electrons. The molecule has 1 N–H and O–H groups in total. The van der Waals surface area contributed by atoms with Gasteiger partial charge in [0.05, 0.1) is 23.2 Å². The molecule has 2 rings (SSSR count). The van der Waals surface area contributed by atoms with Gasteiger partial charge in [-0.2, -0.15) is 0 Å². The minimum absolute atomic E-state index is 0.0452. The van der Waals surface area contributed by atoms with Crippen LogP contribution in [0.25, 0.3) is 0 Å². The third-order valence-electron chi connectivity index (χ3n) is 3.12. The highest BCUT2D eigenvalue weighted by atomic mass is 35.5. The van der Waals surface area contributed by atoms with Gasteiger partial charge in [0.15, 0.2) is 0 Å². The summed E-state index contributed by atoms with van der Waals surface area (Å²) in [6.07, 6.45) is 3.52. The third kappa shape index (κ3) is 4.77.